The molecule has 0 saturated carbocycles. The number of carbonyl (C=O) groups is 2. The van der Waals surface area contributed by atoms with E-state index in [1.54, 1.807) is 0 Å². The lowest BCUT2D eigenvalue weighted by Crippen LogP contribution is -2.50. The van der Waals surface area contributed by atoms with Crippen molar-refractivity contribution in [1.29, 1.82) is 0 Å². The Labute approximate surface area is 212 Å². The zero-order chi connectivity index (χ0) is 22.9. The Hall–Kier alpha value is -1.06. The van der Waals surface area contributed by atoms with Gasteiger partial charge in [0.25, 0.3) is 0 Å². The van der Waals surface area contributed by atoms with Crippen molar-refractivity contribution in [3.05, 3.63) is 0 Å². The Kier molecular flexibility index (Phi) is 12.9. The van der Waals surface area contributed by atoms with Crippen LogP contribution in [-0.2, 0) is 9.59 Å². The van der Waals surface area contributed by atoms with Crippen molar-refractivity contribution in [2.24, 2.45) is 16.3 Å². The molecule has 2 aliphatic rings. The van der Waals surface area contributed by atoms with Gasteiger partial charge in [0.15, 0.2) is 5.96 Å². The molecule has 186 valence electrons. The van der Waals surface area contributed by atoms with Crippen molar-refractivity contribution in [1.82, 2.24) is 20.0 Å². The molecule has 2 heterocycles. The van der Waals surface area contributed by atoms with E-state index in [1.807, 2.05) is 9.80 Å². The summed E-state index contributed by atoms with van der Waals surface area (Å²) in [6.45, 7) is 17.4. The molecular weight excluding hydrogens is 517 g/mol. The normalized spacial score (nSPS) is 18.7. The molecule has 0 radical (unpaired) electrons. The SMILES string of the molecule is CCNC(=NCCCCCC(=O)N1CCN(C(=O)CC(C)C)CC1)N1CCC(C)(C)C1.I. The first-order valence-corrected chi connectivity index (χ1v) is 12.3. The fourth-order valence-corrected chi connectivity index (χ4v) is 4.31. The average molecular weight is 564 g/mol. The molecule has 0 spiro atoms. The number of hydrogen-bond acceptors (Lipinski definition) is 3. The molecule has 0 bridgehead atoms. The molecule has 0 aromatic rings. The second kappa shape index (κ2) is 14.3. The fourth-order valence-electron chi connectivity index (χ4n) is 4.31. The summed E-state index contributed by atoms with van der Waals surface area (Å²) >= 11 is 0. The molecule has 0 atom stereocenters. The van der Waals surface area contributed by atoms with E-state index in [-0.39, 0.29) is 35.8 Å². The molecule has 2 aliphatic heterocycles. The Balaban J connectivity index is 0.00000512. The van der Waals surface area contributed by atoms with Gasteiger partial charge in [0.1, 0.15) is 0 Å². The van der Waals surface area contributed by atoms with Crippen LogP contribution in [0.15, 0.2) is 4.99 Å². The molecule has 0 aromatic heterocycles. The molecule has 0 aliphatic carbocycles. The summed E-state index contributed by atoms with van der Waals surface area (Å²) in [4.78, 5) is 35.7. The molecule has 7 nitrogen and oxygen atoms in total. The standard InChI is InChI=1S/C24H45N5O2.HI/c1-6-25-23(29-13-11-24(4,5)19-29)26-12-9-7-8-10-21(30)27-14-16-28(17-15-27)22(31)18-20(2)3;/h20H,6-19H2,1-5H3,(H,25,26);1H. The molecule has 2 amide bonds. The van der Waals surface area contributed by atoms with Crippen LogP contribution in [0.4, 0.5) is 0 Å². The third-order valence-corrected chi connectivity index (χ3v) is 6.19. The highest BCUT2D eigenvalue weighted by atomic mass is 127. The number of rotatable bonds is 9. The van der Waals surface area contributed by atoms with Crippen molar-refractivity contribution in [2.75, 3.05) is 52.4 Å². The number of aliphatic imine (C=N–C) groups is 1. The summed E-state index contributed by atoms with van der Waals surface area (Å²) in [5.41, 5.74) is 0.365. The topological polar surface area (TPSA) is 68.2 Å². The van der Waals surface area contributed by atoms with Crippen molar-refractivity contribution >= 4 is 41.8 Å². The summed E-state index contributed by atoms with van der Waals surface area (Å²) in [7, 11) is 0. The monoisotopic (exact) mass is 563 g/mol. The molecule has 2 rings (SSSR count). The van der Waals surface area contributed by atoms with E-state index in [4.69, 9.17) is 4.99 Å². The maximum Gasteiger partial charge on any atom is 0.222 e. The number of nitrogens with zero attached hydrogens (tertiary/aromatic N) is 4. The number of likely N-dealkylation sites (tertiary alicyclic amines) is 1. The number of nitrogens with one attached hydrogen (secondary N) is 1. The van der Waals surface area contributed by atoms with Crippen LogP contribution in [-0.4, -0.2) is 84.8 Å². The van der Waals surface area contributed by atoms with Gasteiger partial charge in [0.2, 0.25) is 11.8 Å². The van der Waals surface area contributed by atoms with E-state index < -0.39 is 0 Å². The van der Waals surface area contributed by atoms with Crippen LogP contribution in [0.25, 0.3) is 0 Å². The number of guanidine groups is 1. The van der Waals surface area contributed by atoms with Crippen molar-refractivity contribution in [3.8, 4) is 0 Å². The summed E-state index contributed by atoms with van der Waals surface area (Å²) in [6.07, 6.45) is 5.35. The van der Waals surface area contributed by atoms with Gasteiger partial charge in [-0.25, -0.2) is 0 Å². The zero-order valence-electron chi connectivity index (χ0n) is 21.0. The van der Waals surface area contributed by atoms with Crippen LogP contribution < -0.4 is 5.32 Å². The summed E-state index contributed by atoms with van der Waals surface area (Å²) in [5, 5.41) is 3.42. The Bertz CT molecular complexity index is 616. The van der Waals surface area contributed by atoms with Gasteiger partial charge < -0.3 is 20.0 Å². The van der Waals surface area contributed by atoms with Crippen molar-refractivity contribution < 1.29 is 9.59 Å². The Morgan fingerprint density at radius 1 is 0.938 bits per heavy atom. The minimum absolute atomic E-state index is 0. The summed E-state index contributed by atoms with van der Waals surface area (Å²) in [6, 6.07) is 0. The summed E-state index contributed by atoms with van der Waals surface area (Å²) < 4.78 is 0. The van der Waals surface area contributed by atoms with Crippen LogP contribution >= 0.6 is 24.0 Å². The molecule has 32 heavy (non-hydrogen) atoms. The third-order valence-electron chi connectivity index (χ3n) is 6.19. The fraction of sp³-hybridized carbons (Fsp3) is 0.875. The van der Waals surface area contributed by atoms with Gasteiger partial charge in [-0.05, 0) is 37.5 Å². The molecule has 0 unspecified atom stereocenters. The quantitative estimate of drug-likeness (QED) is 0.202. The average Bonchev–Trinajstić information content (AvgIpc) is 3.08. The molecule has 1 N–H and O–H groups in total. The molecule has 8 heteroatoms. The van der Waals surface area contributed by atoms with Gasteiger partial charge in [-0.2, -0.15) is 0 Å². The number of piperazine rings is 1. The number of carbonyl (C=O) groups excluding carboxylic acids is 2. The van der Waals surface area contributed by atoms with Crippen molar-refractivity contribution in [3.63, 3.8) is 0 Å². The first kappa shape index (κ1) is 29.0. The lowest BCUT2D eigenvalue weighted by Gasteiger charge is -2.35. The minimum atomic E-state index is 0. The zero-order valence-corrected chi connectivity index (χ0v) is 23.3. The number of hydrogen-bond donors (Lipinski definition) is 1. The molecule has 2 saturated heterocycles. The number of unbranched alkanes of at least 4 members (excludes halogenated alkanes) is 2. The third kappa shape index (κ3) is 9.83. The smallest absolute Gasteiger partial charge is 0.222 e. The number of halogens is 1. The van der Waals surface area contributed by atoms with E-state index in [9.17, 15) is 9.59 Å². The van der Waals surface area contributed by atoms with Gasteiger partial charge in [0.05, 0.1) is 0 Å². The van der Waals surface area contributed by atoms with Gasteiger partial charge in [-0.3, -0.25) is 14.6 Å². The molecular formula is C24H46IN5O2. The largest absolute Gasteiger partial charge is 0.357 e. The van der Waals surface area contributed by atoms with Crippen LogP contribution in [0.2, 0.25) is 0 Å². The lowest BCUT2D eigenvalue weighted by atomic mass is 9.93. The maximum atomic E-state index is 12.5. The Morgan fingerprint density at radius 2 is 1.56 bits per heavy atom. The minimum Gasteiger partial charge on any atom is -0.357 e. The second-order valence-corrected chi connectivity index (χ2v) is 10.2. The van der Waals surface area contributed by atoms with Crippen LogP contribution in [0.1, 0.15) is 73.1 Å². The predicted molar refractivity (Wildman–Crippen MR) is 142 cm³/mol. The molecule has 2 fully saturated rings. The van der Waals surface area contributed by atoms with E-state index >= 15 is 0 Å². The van der Waals surface area contributed by atoms with E-state index in [0.717, 1.165) is 51.4 Å². The van der Waals surface area contributed by atoms with Gasteiger partial charge in [-0.1, -0.05) is 34.1 Å². The molecule has 0 aromatic carbocycles. The highest BCUT2D eigenvalue weighted by Crippen LogP contribution is 2.28. The Morgan fingerprint density at radius 3 is 2.09 bits per heavy atom. The highest BCUT2D eigenvalue weighted by Gasteiger charge is 2.30. The highest BCUT2D eigenvalue weighted by molar-refractivity contribution is 14.0. The van der Waals surface area contributed by atoms with Gasteiger partial charge >= 0.3 is 0 Å². The van der Waals surface area contributed by atoms with Crippen molar-refractivity contribution in [2.45, 2.75) is 73.1 Å². The van der Waals surface area contributed by atoms with Gasteiger partial charge in [0, 0.05) is 65.2 Å². The van der Waals surface area contributed by atoms with Crippen LogP contribution in [0.5, 0.6) is 0 Å². The summed E-state index contributed by atoms with van der Waals surface area (Å²) in [5.74, 6) is 1.87. The van der Waals surface area contributed by atoms with E-state index in [2.05, 4.69) is 44.8 Å². The lowest BCUT2D eigenvalue weighted by molar-refractivity contribution is -0.140. The van der Waals surface area contributed by atoms with E-state index in [0.29, 0.717) is 50.4 Å². The van der Waals surface area contributed by atoms with Crippen LogP contribution in [0, 0.1) is 11.3 Å². The van der Waals surface area contributed by atoms with Crippen LogP contribution in [0.3, 0.4) is 0 Å². The van der Waals surface area contributed by atoms with Gasteiger partial charge in [-0.15, -0.1) is 24.0 Å². The van der Waals surface area contributed by atoms with E-state index in [1.165, 1.54) is 6.42 Å². The number of amides is 2. The maximum absolute atomic E-state index is 12.5. The second-order valence-electron chi connectivity index (χ2n) is 10.2. The first-order chi connectivity index (χ1) is 14.7. The first-order valence-electron chi connectivity index (χ1n) is 12.3. The predicted octanol–water partition coefficient (Wildman–Crippen LogP) is 3.58.